The van der Waals surface area contributed by atoms with E-state index in [1.807, 2.05) is 31.2 Å². The highest BCUT2D eigenvalue weighted by atomic mass is 16.5. The predicted molar refractivity (Wildman–Crippen MR) is 73.4 cm³/mol. The average molecular weight is 261 g/mol. The molecule has 1 atom stereocenters. The molecule has 2 rings (SSSR count). The van der Waals surface area contributed by atoms with E-state index in [0.29, 0.717) is 19.4 Å². The van der Waals surface area contributed by atoms with E-state index < -0.39 is 5.92 Å². The maximum absolute atomic E-state index is 12.4. The van der Waals surface area contributed by atoms with Crippen molar-refractivity contribution in [1.82, 2.24) is 0 Å². The lowest BCUT2D eigenvalue weighted by atomic mass is 9.91. The molecule has 0 unspecified atom stereocenters. The fourth-order valence-electron chi connectivity index (χ4n) is 2.44. The minimum absolute atomic E-state index is 0.0446. The first-order valence-corrected chi connectivity index (χ1v) is 6.65. The molecule has 1 fully saturated rings. The molecule has 1 saturated heterocycles. The van der Waals surface area contributed by atoms with E-state index in [4.69, 9.17) is 4.74 Å². The SMILES string of the molecule is CCC(=O)[C@H]1CCCN(c2ccc(OC)cc2)C1=O. The number of carbonyl (C=O) groups is 2. The second kappa shape index (κ2) is 5.87. The van der Waals surface area contributed by atoms with Gasteiger partial charge in [0.05, 0.1) is 13.0 Å². The molecule has 0 aromatic heterocycles. The van der Waals surface area contributed by atoms with Crippen molar-refractivity contribution in [3.8, 4) is 5.75 Å². The van der Waals surface area contributed by atoms with Crippen LogP contribution in [0.4, 0.5) is 5.69 Å². The van der Waals surface area contributed by atoms with Gasteiger partial charge in [0, 0.05) is 18.7 Å². The Morgan fingerprint density at radius 2 is 2.05 bits per heavy atom. The first-order valence-electron chi connectivity index (χ1n) is 6.65. The Morgan fingerprint density at radius 1 is 1.37 bits per heavy atom. The molecule has 0 aliphatic carbocycles. The van der Waals surface area contributed by atoms with Gasteiger partial charge < -0.3 is 9.64 Å². The van der Waals surface area contributed by atoms with Gasteiger partial charge in [-0.15, -0.1) is 0 Å². The molecule has 4 nitrogen and oxygen atoms in total. The standard InChI is InChI=1S/C15H19NO3/c1-3-14(17)13-5-4-10-16(15(13)18)11-6-8-12(19-2)9-7-11/h6-9,13H,3-5,10H2,1-2H3/t13-/m1/s1. The quantitative estimate of drug-likeness (QED) is 0.782. The lowest BCUT2D eigenvalue weighted by molar-refractivity contribution is -0.133. The zero-order valence-corrected chi connectivity index (χ0v) is 11.4. The summed E-state index contributed by atoms with van der Waals surface area (Å²) >= 11 is 0. The molecule has 1 aromatic rings. The molecule has 4 heteroatoms. The monoisotopic (exact) mass is 261 g/mol. The van der Waals surface area contributed by atoms with Crippen LogP contribution in [0.1, 0.15) is 26.2 Å². The highest BCUT2D eigenvalue weighted by molar-refractivity contribution is 6.08. The Morgan fingerprint density at radius 3 is 2.63 bits per heavy atom. The molecule has 102 valence electrons. The van der Waals surface area contributed by atoms with E-state index in [1.165, 1.54) is 0 Å². The number of methoxy groups -OCH3 is 1. The number of hydrogen-bond donors (Lipinski definition) is 0. The molecule has 0 radical (unpaired) electrons. The largest absolute Gasteiger partial charge is 0.497 e. The zero-order chi connectivity index (χ0) is 13.8. The van der Waals surface area contributed by atoms with Crippen LogP contribution in [-0.2, 0) is 9.59 Å². The van der Waals surface area contributed by atoms with Gasteiger partial charge in [-0.1, -0.05) is 6.92 Å². The summed E-state index contributed by atoms with van der Waals surface area (Å²) in [5.74, 6) is 0.279. The maximum atomic E-state index is 12.4. The molecule has 0 spiro atoms. The van der Waals surface area contributed by atoms with E-state index in [-0.39, 0.29) is 11.7 Å². The van der Waals surface area contributed by atoms with Crippen molar-refractivity contribution in [2.24, 2.45) is 5.92 Å². The maximum Gasteiger partial charge on any atom is 0.237 e. The molecular weight excluding hydrogens is 242 g/mol. The first kappa shape index (κ1) is 13.6. The number of nitrogens with zero attached hydrogens (tertiary/aromatic N) is 1. The summed E-state index contributed by atoms with van der Waals surface area (Å²) in [6.07, 6.45) is 1.97. The van der Waals surface area contributed by atoms with Gasteiger partial charge in [0.15, 0.2) is 0 Å². The van der Waals surface area contributed by atoms with E-state index >= 15 is 0 Å². The van der Waals surface area contributed by atoms with Crippen LogP contribution in [0.2, 0.25) is 0 Å². The molecule has 19 heavy (non-hydrogen) atoms. The topological polar surface area (TPSA) is 46.6 Å². The van der Waals surface area contributed by atoms with Crippen molar-refractivity contribution in [3.63, 3.8) is 0 Å². The van der Waals surface area contributed by atoms with Crippen molar-refractivity contribution in [3.05, 3.63) is 24.3 Å². The number of piperidine rings is 1. The number of ether oxygens (including phenoxy) is 1. The fourth-order valence-corrected chi connectivity index (χ4v) is 2.44. The number of anilines is 1. The van der Waals surface area contributed by atoms with E-state index in [9.17, 15) is 9.59 Å². The molecule has 1 aromatic carbocycles. The van der Waals surface area contributed by atoms with Gasteiger partial charge in [-0.2, -0.15) is 0 Å². The Bertz CT molecular complexity index is 467. The number of carbonyl (C=O) groups excluding carboxylic acids is 2. The van der Waals surface area contributed by atoms with Crippen LogP contribution < -0.4 is 9.64 Å². The second-order valence-electron chi connectivity index (χ2n) is 4.70. The number of rotatable bonds is 4. The molecule has 1 aliphatic rings. The molecule has 0 N–H and O–H groups in total. The number of hydrogen-bond acceptors (Lipinski definition) is 3. The Kier molecular flexibility index (Phi) is 4.20. The summed E-state index contributed by atoms with van der Waals surface area (Å²) in [6.45, 7) is 2.49. The molecular formula is C15H19NO3. The second-order valence-corrected chi connectivity index (χ2v) is 4.70. The van der Waals surface area contributed by atoms with Crippen molar-refractivity contribution in [2.45, 2.75) is 26.2 Å². The average Bonchev–Trinajstić information content (AvgIpc) is 2.47. The van der Waals surface area contributed by atoms with Crippen molar-refractivity contribution in [1.29, 1.82) is 0 Å². The Hall–Kier alpha value is -1.84. The number of ketones is 1. The predicted octanol–water partition coefficient (Wildman–Crippen LogP) is 2.42. The van der Waals surface area contributed by atoms with Gasteiger partial charge >= 0.3 is 0 Å². The third kappa shape index (κ3) is 2.78. The van der Waals surface area contributed by atoms with Crippen LogP contribution in [-0.4, -0.2) is 25.3 Å². The van der Waals surface area contributed by atoms with E-state index in [1.54, 1.807) is 12.0 Å². The van der Waals surface area contributed by atoms with E-state index in [0.717, 1.165) is 17.9 Å². The Labute approximate surface area is 113 Å². The third-order valence-electron chi connectivity index (χ3n) is 3.56. The summed E-state index contributed by atoms with van der Waals surface area (Å²) in [6, 6.07) is 7.37. The van der Waals surface area contributed by atoms with Gasteiger partial charge in [0.2, 0.25) is 5.91 Å². The fraction of sp³-hybridized carbons (Fsp3) is 0.467. The van der Waals surface area contributed by atoms with Crippen molar-refractivity contribution < 1.29 is 14.3 Å². The van der Waals surface area contributed by atoms with Crippen LogP contribution >= 0.6 is 0 Å². The minimum atomic E-state index is -0.458. The summed E-state index contributed by atoms with van der Waals surface area (Å²) in [5.41, 5.74) is 0.833. The highest BCUT2D eigenvalue weighted by Gasteiger charge is 2.33. The number of Topliss-reactive ketones (excluding diaryl/α,β-unsaturated/α-hetero) is 1. The lowest BCUT2D eigenvalue weighted by Gasteiger charge is -2.31. The molecule has 1 heterocycles. The zero-order valence-electron chi connectivity index (χ0n) is 11.4. The first-order chi connectivity index (χ1) is 9.17. The minimum Gasteiger partial charge on any atom is -0.497 e. The number of benzene rings is 1. The van der Waals surface area contributed by atoms with Crippen molar-refractivity contribution in [2.75, 3.05) is 18.6 Å². The van der Waals surface area contributed by atoms with Gasteiger partial charge in [0.25, 0.3) is 0 Å². The van der Waals surface area contributed by atoms with Gasteiger partial charge in [-0.3, -0.25) is 9.59 Å². The Balaban J connectivity index is 2.18. The van der Waals surface area contributed by atoms with Gasteiger partial charge in [-0.25, -0.2) is 0 Å². The summed E-state index contributed by atoms with van der Waals surface area (Å²) in [5, 5.41) is 0. The normalized spacial score (nSPS) is 19.4. The molecule has 1 amide bonds. The highest BCUT2D eigenvalue weighted by Crippen LogP contribution is 2.27. The smallest absolute Gasteiger partial charge is 0.237 e. The van der Waals surface area contributed by atoms with Gasteiger partial charge in [0.1, 0.15) is 11.5 Å². The lowest BCUT2D eigenvalue weighted by Crippen LogP contribution is -2.44. The van der Waals surface area contributed by atoms with Crippen LogP contribution in [0.3, 0.4) is 0 Å². The molecule has 1 aliphatic heterocycles. The van der Waals surface area contributed by atoms with Crippen LogP contribution in [0, 0.1) is 5.92 Å². The van der Waals surface area contributed by atoms with Crippen LogP contribution in [0.25, 0.3) is 0 Å². The summed E-state index contributed by atoms with van der Waals surface area (Å²) in [7, 11) is 1.61. The summed E-state index contributed by atoms with van der Waals surface area (Å²) < 4.78 is 5.10. The van der Waals surface area contributed by atoms with Crippen molar-refractivity contribution >= 4 is 17.4 Å². The number of amides is 1. The van der Waals surface area contributed by atoms with E-state index in [2.05, 4.69) is 0 Å². The summed E-state index contributed by atoms with van der Waals surface area (Å²) in [4.78, 5) is 25.9. The molecule has 0 bridgehead atoms. The third-order valence-corrected chi connectivity index (χ3v) is 3.56. The molecule has 0 saturated carbocycles. The van der Waals surface area contributed by atoms with Crippen LogP contribution in [0.15, 0.2) is 24.3 Å². The van der Waals surface area contributed by atoms with Crippen LogP contribution in [0.5, 0.6) is 5.75 Å². The van der Waals surface area contributed by atoms with Gasteiger partial charge in [-0.05, 0) is 37.1 Å².